The molecule has 0 saturated heterocycles. The predicted octanol–water partition coefficient (Wildman–Crippen LogP) is 3.09. The van der Waals surface area contributed by atoms with Crippen molar-refractivity contribution in [3.8, 4) is 0 Å². The molecule has 7 heteroatoms. The number of aliphatic carboxylic acids is 1. The van der Waals surface area contributed by atoms with Crippen molar-refractivity contribution in [2.45, 2.75) is 31.8 Å². The summed E-state index contributed by atoms with van der Waals surface area (Å²) < 4.78 is 13.4. The van der Waals surface area contributed by atoms with Gasteiger partial charge in [0.05, 0.1) is 0 Å². The highest BCUT2D eigenvalue weighted by atomic mass is 19.1. The van der Waals surface area contributed by atoms with E-state index in [0.717, 1.165) is 12.1 Å². The lowest BCUT2D eigenvalue weighted by atomic mass is 10.1. The number of hydrogen-bond acceptors (Lipinski definition) is 4. The summed E-state index contributed by atoms with van der Waals surface area (Å²) in [6.07, 6.45) is 2.72. The molecule has 1 fully saturated rings. The van der Waals surface area contributed by atoms with Gasteiger partial charge in [0.1, 0.15) is 11.9 Å². The van der Waals surface area contributed by atoms with Crippen molar-refractivity contribution < 1.29 is 19.1 Å². The molecule has 1 aliphatic rings. The summed E-state index contributed by atoms with van der Waals surface area (Å²) in [5, 5.41) is 11.9. The van der Waals surface area contributed by atoms with Crippen molar-refractivity contribution >= 4 is 17.6 Å². The van der Waals surface area contributed by atoms with E-state index >= 15 is 0 Å². The third kappa shape index (κ3) is 6.37. The highest BCUT2D eigenvalue weighted by Gasteiger charge is 2.25. The number of amides is 1. The van der Waals surface area contributed by atoms with Crippen LogP contribution >= 0.6 is 0 Å². The van der Waals surface area contributed by atoms with E-state index < -0.39 is 17.8 Å². The van der Waals surface area contributed by atoms with E-state index in [9.17, 15) is 14.0 Å². The smallest absolute Gasteiger partial charge is 0.320 e. The van der Waals surface area contributed by atoms with Gasteiger partial charge in [0.2, 0.25) is 0 Å². The summed E-state index contributed by atoms with van der Waals surface area (Å²) in [7, 11) is 0. The predicted molar refractivity (Wildman–Crippen MR) is 109 cm³/mol. The van der Waals surface area contributed by atoms with Crippen LogP contribution < -0.4 is 11.1 Å². The number of rotatable bonds is 10. The molecule has 0 unspecified atom stereocenters. The summed E-state index contributed by atoms with van der Waals surface area (Å²) in [4.78, 5) is 25.7. The SMILES string of the molecule is N[C@@H](CCN(Cc1ccccc1NC(=O)c1cccc(F)c1)CC1CC1)C(=O)O. The number of anilines is 1. The van der Waals surface area contributed by atoms with Gasteiger partial charge in [-0.3, -0.25) is 14.5 Å². The molecule has 0 bridgehead atoms. The van der Waals surface area contributed by atoms with Crippen LogP contribution in [0, 0.1) is 11.7 Å². The number of carbonyl (C=O) groups is 2. The number of halogens is 1. The van der Waals surface area contributed by atoms with E-state index in [1.165, 1.54) is 31.0 Å². The van der Waals surface area contributed by atoms with Crippen LogP contribution in [0.5, 0.6) is 0 Å². The van der Waals surface area contributed by atoms with Gasteiger partial charge in [0.15, 0.2) is 0 Å². The molecule has 2 aromatic carbocycles. The van der Waals surface area contributed by atoms with Gasteiger partial charge in [-0.15, -0.1) is 0 Å². The average molecular weight is 399 g/mol. The second-order valence-corrected chi connectivity index (χ2v) is 7.53. The highest BCUT2D eigenvalue weighted by Crippen LogP contribution is 2.31. The topological polar surface area (TPSA) is 95.7 Å². The fourth-order valence-corrected chi connectivity index (χ4v) is 3.19. The standard InChI is InChI=1S/C22H26FN3O3/c23-18-6-3-5-16(12-18)21(27)25-20-7-2-1-4-17(20)14-26(13-15-8-9-15)11-10-19(24)22(28)29/h1-7,12,15,19H,8-11,13-14,24H2,(H,25,27)(H,28,29)/t19-/m0/s1. The Morgan fingerprint density at radius 1 is 1.21 bits per heavy atom. The Labute approximate surface area is 169 Å². The molecule has 1 amide bonds. The van der Waals surface area contributed by atoms with E-state index in [2.05, 4.69) is 10.2 Å². The highest BCUT2D eigenvalue weighted by molar-refractivity contribution is 6.04. The first-order chi connectivity index (χ1) is 13.9. The molecule has 0 radical (unpaired) electrons. The Kier molecular flexibility index (Phi) is 6.95. The van der Waals surface area contributed by atoms with E-state index in [1.807, 2.05) is 24.3 Å². The molecule has 0 aliphatic heterocycles. The van der Waals surface area contributed by atoms with Crippen molar-refractivity contribution in [1.82, 2.24) is 4.90 Å². The third-order valence-electron chi connectivity index (χ3n) is 5.03. The second-order valence-electron chi connectivity index (χ2n) is 7.53. The molecule has 1 atom stereocenters. The molecular weight excluding hydrogens is 373 g/mol. The molecule has 0 heterocycles. The first-order valence-electron chi connectivity index (χ1n) is 9.78. The molecule has 29 heavy (non-hydrogen) atoms. The quantitative estimate of drug-likeness (QED) is 0.571. The number of carboxylic acids is 1. The third-order valence-corrected chi connectivity index (χ3v) is 5.03. The maximum Gasteiger partial charge on any atom is 0.320 e. The van der Waals surface area contributed by atoms with Gasteiger partial charge < -0.3 is 16.2 Å². The minimum Gasteiger partial charge on any atom is -0.480 e. The van der Waals surface area contributed by atoms with Crippen LogP contribution in [0.4, 0.5) is 10.1 Å². The van der Waals surface area contributed by atoms with E-state index in [4.69, 9.17) is 10.8 Å². The van der Waals surface area contributed by atoms with Crippen LogP contribution in [-0.4, -0.2) is 41.0 Å². The largest absolute Gasteiger partial charge is 0.480 e. The van der Waals surface area contributed by atoms with Crippen molar-refractivity contribution in [3.63, 3.8) is 0 Å². The molecule has 3 rings (SSSR count). The number of carboxylic acid groups (broad SMARTS) is 1. The summed E-state index contributed by atoms with van der Waals surface area (Å²) >= 11 is 0. The zero-order valence-corrected chi connectivity index (χ0v) is 16.2. The van der Waals surface area contributed by atoms with Crippen molar-refractivity contribution in [2.75, 3.05) is 18.4 Å². The Morgan fingerprint density at radius 3 is 2.66 bits per heavy atom. The maximum absolute atomic E-state index is 13.4. The van der Waals surface area contributed by atoms with Gasteiger partial charge in [0.25, 0.3) is 5.91 Å². The molecule has 1 aliphatic carbocycles. The Hall–Kier alpha value is -2.77. The van der Waals surface area contributed by atoms with Crippen molar-refractivity contribution in [2.24, 2.45) is 11.7 Å². The molecule has 0 aromatic heterocycles. The summed E-state index contributed by atoms with van der Waals surface area (Å²) in [6, 6.07) is 12.1. The first-order valence-corrected chi connectivity index (χ1v) is 9.78. The number of para-hydroxylation sites is 1. The molecule has 0 spiro atoms. The zero-order chi connectivity index (χ0) is 20.8. The lowest BCUT2D eigenvalue weighted by Crippen LogP contribution is -2.36. The van der Waals surface area contributed by atoms with Gasteiger partial charge in [-0.2, -0.15) is 0 Å². The van der Waals surface area contributed by atoms with Gasteiger partial charge in [0, 0.05) is 30.9 Å². The van der Waals surface area contributed by atoms with E-state index in [-0.39, 0.29) is 11.5 Å². The molecule has 4 N–H and O–H groups in total. The monoisotopic (exact) mass is 399 g/mol. The number of carbonyl (C=O) groups excluding carboxylic acids is 1. The van der Waals surface area contributed by atoms with Crippen molar-refractivity contribution in [3.05, 3.63) is 65.5 Å². The van der Waals surface area contributed by atoms with Crippen molar-refractivity contribution in [1.29, 1.82) is 0 Å². The molecule has 154 valence electrons. The lowest BCUT2D eigenvalue weighted by Gasteiger charge is -2.24. The maximum atomic E-state index is 13.4. The van der Waals surface area contributed by atoms with Crippen LogP contribution in [-0.2, 0) is 11.3 Å². The van der Waals surface area contributed by atoms with Gasteiger partial charge in [-0.1, -0.05) is 24.3 Å². The van der Waals surface area contributed by atoms with E-state index in [1.54, 1.807) is 6.07 Å². The van der Waals surface area contributed by atoms with Gasteiger partial charge in [-0.05, 0) is 55.0 Å². The molecule has 2 aromatic rings. The minimum absolute atomic E-state index is 0.252. The number of hydrogen-bond donors (Lipinski definition) is 3. The minimum atomic E-state index is -1.00. The van der Waals surface area contributed by atoms with Crippen LogP contribution in [0.2, 0.25) is 0 Å². The van der Waals surface area contributed by atoms with Crippen LogP contribution in [0.3, 0.4) is 0 Å². The Bertz CT molecular complexity index is 870. The van der Waals surface area contributed by atoms with Gasteiger partial charge in [-0.25, -0.2) is 4.39 Å². The van der Waals surface area contributed by atoms with Crippen LogP contribution in [0.1, 0.15) is 35.2 Å². The summed E-state index contributed by atoms with van der Waals surface area (Å²) in [6.45, 7) is 2.01. The molecule has 1 saturated carbocycles. The number of nitrogens with one attached hydrogen (secondary N) is 1. The first kappa shape index (κ1) is 21.0. The van der Waals surface area contributed by atoms with E-state index in [0.29, 0.717) is 31.1 Å². The second kappa shape index (κ2) is 9.62. The fraction of sp³-hybridized carbons (Fsp3) is 0.364. The molecule has 6 nitrogen and oxygen atoms in total. The van der Waals surface area contributed by atoms with Crippen LogP contribution in [0.15, 0.2) is 48.5 Å². The number of nitrogens with two attached hydrogens (primary N) is 1. The molecular formula is C22H26FN3O3. The van der Waals surface area contributed by atoms with Crippen LogP contribution in [0.25, 0.3) is 0 Å². The Morgan fingerprint density at radius 2 is 1.97 bits per heavy atom. The normalized spacial score (nSPS) is 14.6. The lowest BCUT2D eigenvalue weighted by molar-refractivity contribution is -0.138. The summed E-state index contributed by atoms with van der Waals surface area (Å²) in [5.41, 5.74) is 7.49. The average Bonchev–Trinajstić information content (AvgIpc) is 3.51. The summed E-state index contributed by atoms with van der Waals surface area (Å²) in [5.74, 6) is -1.21. The number of nitrogens with zero attached hydrogens (tertiary/aromatic N) is 1. The van der Waals surface area contributed by atoms with Gasteiger partial charge >= 0.3 is 5.97 Å². The Balaban J connectivity index is 1.70. The fourth-order valence-electron chi connectivity index (χ4n) is 3.19. The number of benzene rings is 2. The zero-order valence-electron chi connectivity index (χ0n) is 16.2.